The van der Waals surface area contributed by atoms with Crippen molar-refractivity contribution in [1.29, 1.82) is 0 Å². The Labute approximate surface area is 187 Å². The van der Waals surface area contributed by atoms with E-state index in [1.807, 2.05) is 0 Å². The lowest BCUT2D eigenvalue weighted by atomic mass is 10.1. The number of carbonyl (C=O) groups excluding carboxylic acids is 3. The van der Waals surface area contributed by atoms with Gasteiger partial charge in [0, 0.05) is 28.2 Å². The predicted molar refractivity (Wildman–Crippen MR) is 117 cm³/mol. The summed E-state index contributed by atoms with van der Waals surface area (Å²) in [4.78, 5) is 52.5. The Morgan fingerprint density at radius 3 is 2.23 bits per heavy atom. The fourth-order valence-corrected chi connectivity index (χ4v) is 4.58. The summed E-state index contributed by atoms with van der Waals surface area (Å²) in [7, 11) is 0. The van der Waals surface area contributed by atoms with E-state index < -0.39 is 16.9 Å². The summed E-state index contributed by atoms with van der Waals surface area (Å²) in [6, 6.07) is 11.2. The van der Waals surface area contributed by atoms with Crippen LogP contribution in [0, 0.1) is 10.1 Å². The molecule has 3 amide bonds. The molecule has 0 N–H and O–H groups in total. The number of amides is 3. The molecule has 2 fully saturated rings. The number of rotatable bonds is 5. The molecule has 0 spiro atoms. The van der Waals surface area contributed by atoms with Gasteiger partial charge in [-0.1, -0.05) is 28.8 Å². The van der Waals surface area contributed by atoms with Crippen molar-refractivity contribution in [3.05, 3.63) is 68.7 Å². The van der Waals surface area contributed by atoms with E-state index in [-0.39, 0.29) is 35.5 Å². The van der Waals surface area contributed by atoms with Gasteiger partial charge in [-0.2, -0.15) is 0 Å². The first kappa shape index (κ1) is 21.2. The smallest absolute Gasteiger partial charge is 0.269 e. The molecule has 2 aliphatic rings. The van der Waals surface area contributed by atoms with Crippen LogP contribution >= 0.6 is 15.9 Å². The molecule has 0 bridgehead atoms. The molecule has 1 aliphatic carbocycles. The van der Waals surface area contributed by atoms with Crippen LogP contribution in [0.5, 0.6) is 0 Å². The fraction of sp³-hybridized carbons (Fsp3) is 0.318. The van der Waals surface area contributed by atoms with Crippen molar-refractivity contribution in [2.75, 3.05) is 4.90 Å². The molecule has 160 valence electrons. The molecule has 9 heteroatoms. The Kier molecular flexibility index (Phi) is 5.86. The maximum atomic E-state index is 13.4. The molecule has 2 aromatic carbocycles. The highest BCUT2D eigenvalue weighted by Crippen LogP contribution is 2.33. The zero-order chi connectivity index (χ0) is 22.1. The zero-order valence-corrected chi connectivity index (χ0v) is 18.2. The summed E-state index contributed by atoms with van der Waals surface area (Å²) in [5.74, 6) is -1.16. The molecule has 8 nitrogen and oxygen atoms in total. The molecule has 1 unspecified atom stereocenters. The average Bonchev–Trinajstić information content (AvgIpc) is 3.38. The largest absolute Gasteiger partial charge is 0.323 e. The number of benzene rings is 2. The van der Waals surface area contributed by atoms with Crippen LogP contribution in [0.4, 0.5) is 11.4 Å². The van der Waals surface area contributed by atoms with Crippen molar-refractivity contribution >= 4 is 45.0 Å². The molecule has 1 heterocycles. The highest BCUT2D eigenvalue weighted by atomic mass is 79.9. The lowest BCUT2D eigenvalue weighted by molar-refractivity contribution is -0.384. The molecule has 1 aliphatic heterocycles. The minimum Gasteiger partial charge on any atom is -0.323 e. The minimum absolute atomic E-state index is 0.0792. The van der Waals surface area contributed by atoms with Crippen LogP contribution < -0.4 is 4.90 Å². The monoisotopic (exact) mass is 485 g/mol. The van der Waals surface area contributed by atoms with Gasteiger partial charge in [0.25, 0.3) is 17.5 Å². The number of non-ortho nitro benzene ring substituents is 1. The summed E-state index contributed by atoms with van der Waals surface area (Å²) in [5, 5.41) is 10.9. The maximum absolute atomic E-state index is 13.4. The number of halogens is 1. The van der Waals surface area contributed by atoms with Crippen LogP contribution in [-0.2, 0) is 9.59 Å². The van der Waals surface area contributed by atoms with E-state index in [4.69, 9.17) is 0 Å². The van der Waals surface area contributed by atoms with E-state index in [0.717, 1.165) is 35.1 Å². The number of nitro groups is 1. The molecule has 2 aromatic rings. The lowest BCUT2D eigenvalue weighted by Crippen LogP contribution is -2.50. The van der Waals surface area contributed by atoms with Crippen molar-refractivity contribution in [1.82, 2.24) is 4.90 Å². The second-order valence-electron chi connectivity index (χ2n) is 7.72. The highest BCUT2D eigenvalue weighted by molar-refractivity contribution is 9.10. The quantitative estimate of drug-likeness (QED) is 0.360. The molecule has 1 atom stereocenters. The Balaban J connectivity index is 1.65. The number of nitro benzene ring substituents is 1. The Morgan fingerprint density at radius 2 is 1.65 bits per heavy atom. The maximum Gasteiger partial charge on any atom is 0.269 e. The number of nitrogens with zero attached hydrogens (tertiary/aromatic N) is 3. The van der Waals surface area contributed by atoms with E-state index in [0.29, 0.717) is 5.69 Å². The number of carbonyl (C=O) groups is 3. The van der Waals surface area contributed by atoms with Crippen LogP contribution in [0.25, 0.3) is 0 Å². The van der Waals surface area contributed by atoms with Gasteiger partial charge in [-0.15, -0.1) is 0 Å². The van der Waals surface area contributed by atoms with Crippen LogP contribution in [0.1, 0.15) is 42.5 Å². The standard InChI is InChI=1S/C22H20BrN3O5/c23-15-7-11-17(12-8-15)25-20(27)13-19(22(25)29)24(16-3-1-2-4-16)21(28)14-5-9-18(10-6-14)26(30)31/h5-12,16,19H,1-4,13H2. The van der Waals surface area contributed by atoms with Crippen LogP contribution in [0.2, 0.25) is 0 Å². The van der Waals surface area contributed by atoms with Gasteiger partial charge >= 0.3 is 0 Å². The summed E-state index contributed by atoms with van der Waals surface area (Å²) >= 11 is 3.34. The molecule has 4 rings (SSSR count). The van der Waals surface area contributed by atoms with Crippen molar-refractivity contribution in [2.24, 2.45) is 0 Å². The topological polar surface area (TPSA) is 101 Å². The van der Waals surface area contributed by atoms with E-state index in [9.17, 15) is 24.5 Å². The SMILES string of the molecule is O=C1CC(N(C(=O)c2ccc([N+](=O)[O-])cc2)C2CCCC2)C(=O)N1c1ccc(Br)cc1. The van der Waals surface area contributed by atoms with Gasteiger partial charge in [0.1, 0.15) is 6.04 Å². The summed E-state index contributed by atoms with van der Waals surface area (Å²) < 4.78 is 0.827. The molecule has 31 heavy (non-hydrogen) atoms. The predicted octanol–water partition coefficient (Wildman–Crippen LogP) is 4.07. The van der Waals surface area contributed by atoms with Crippen molar-refractivity contribution in [2.45, 2.75) is 44.2 Å². The summed E-state index contributed by atoms with van der Waals surface area (Å²) in [5.41, 5.74) is 0.618. The molecule has 1 saturated carbocycles. The van der Waals surface area contributed by atoms with Gasteiger partial charge in [-0.25, -0.2) is 4.90 Å². The van der Waals surface area contributed by atoms with Crippen LogP contribution in [-0.4, -0.2) is 39.6 Å². The molecule has 1 saturated heterocycles. The zero-order valence-electron chi connectivity index (χ0n) is 16.6. The summed E-state index contributed by atoms with van der Waals surface area (Å²) in [6.45, 7) is 0. The molecular formula is C22H20BrN3O5. The minimum atomic E-state index is -0.887. The number of imide groups is 1. The third kappa shape index (κ3) is 4.10. The van der Waals surface area contributed by atoms with Crippen LogP contribution in [0.3, 0.4) is 0 Å². The lowest BCUT2D eigenvalue weighted by Gasteiger charge is -2.33. The molecular weight excluding hydrogens is 466 g/mol. The number of hydrogen-bond acceptors (Lipinski definition) is 5. The number of hydrogen-bond donors (Lipinski definition) is 0. The first-order chi connectivity index (χ1) is 14.9. The molecule has 0 radical (unpaired) electrons. The first-order valence-corrected chi connectivity index (χ1v) is 10.9. The van der Waals surface area contributed by atoms with Crippen molar-refractivity contribution < 1.29 is 19.3 Å². The fourth-order valence-electron chi connectivity index (χ4n) is 4.31. The first-order valence-electron chi connectivity index (χ1n) is 10.1. The van der Waals surface area contributed by atoms with Gasteiger partial charge in [0.15, 0.2) is 0 Å². The Bertz CT molecular complexity index is 1030. The second kappa shape index (κ2) is 8.58. The Morgan fingerprint density at radius 1 is 1.03 bits per heavy atom. The third-order valence-corrected chi connectivity index (χ3v) is 6.35. The van der Waals surface area contributed by atoms with Gasteiger partial charge in [-0.05, 0) is 49.2 Å². The third-order valence-electron chi connectivity index (χ3n) is 5.82. The Hall–Kier alpha value is -3.07. The second-order valence-corrected chi connectivity index (χ2v) is 8.63. The summed E-state index contributed by atoms with van der Waals surface area (Å²) in [6.07, 6.45) is 3.33. The normalized spacial score (nSPS) is 19.1. The average molecular weight is 486 g/mol. The number of anilines is 1. The highest BCUT2D eigenvalue weighted by Gasteiger charge is 2.47. The van der Waals surface area contributed by atoms with Crippen LogP contribution in [0.15, 0.2) is 53.0 Å². The van der Waals surface area contributed by atoms with Gasteiger partial charge in [-0.3, -0.25) is 24.5 Å². The molecule has 0 aromatic heterocycles. The van der Waals surface area contributed by atoms with E-state index >= 15 is 0 Å². The van der Waals surface area contributed by atoms with Gasteiger partial charge in [0.05, 0.1) is 17.0 Å². The van der Waals surface area contributed by atoms with E-state index in [2.05, 4.69) is 15.9 Å². The van der Waals surface area contributed by atoms with Gasteiger partial charge in [0.2, 0.25) is 5.91 Å². The van der Waals surface area contributed by atoms with E-state index in [1.165, 1.54) is 29.2 Å². The van der Waals surface area contributed by atoms with Gasteiger partial charge < -0.3 is 4.90 Å². The van der Waals surface area contributed by atoms with Crippen molar-refractivity contribution in [3.8, 4) is 0 Å². The van der Waals surface area contributed by atoms with Crippen molar-refractivity contribution in [3.63, 3.8) is 0 Å². The van der Waals surface area contributed by atoms with E-state index in [1.54, 1.807) is 24.3 Å².